The van der Waals surface area contributed by atoms with Gasteiger partial charge in [0.1, 0.15) is 11.6 Å². The topological polar surface area (TPSA) is 98.6 Å². The van der Waals surface area contributed by atoms with Crippen molar-refractivity contribution in [1.82, 2.24) is 4.98 Å². The molecule has 0 bridgehead atoms. The molecule has 0 spiro atoms. The molecule has 5 nitrogen and oxygen atoms in total. The van der Waals surface area contributed by atoms with Crippen LogP contribution in [0.1, 0.15) is 17.0 Å². The fourth-order valence-corrected chi connectivity index (χ4v) is 3.97. The molecular formula is C21H12Br2N4O. The van der Waals surface area contributed by atoms with Gasteiger partial charge in [0.05, 0.1) is 17.6 Å². The Morgan fingerprint density at radius 2 is 1.64 bits per heavy atom. The number of fused-ring (bicyclic) bond motifs is 1. The Balaban J connectivity index is 1.98. The predicted octanol–water partition coefficient (Wildman–Crippen LogP) is 5.44. The molecule has 0 fully saturated rings. The number of halogens is 2. The van der Waals surface area contributed by atoms with Gasteiger partial charge in [-0.1, -0.05) is 44.0 Å². The zero-order valence-corrected chi connectivity index (χ0v) is 17.5. The van der Waals surface area contributed by atoms with Crippen molar-refractivity contribution in [3.8, 4) is 12.1 Å². The number of hydrogen-bond donors (Lipinski definition) is 2. The Hall–Kier alpha value is -3.00. The highest BCUT2D eigenvalue weighted by Gasteiger charge is 2.34. The summed E-state index contributed by atoms with van der Waals surface area (Å²) in [5, 5.41) is 20.5. The Labute approximate surface area is 178 Å². The minimum Gasteiger partial charge on any atom is -0.439 e. The van der Waals surface area contributed by atoms with Crippen LogP contribution >= 0.6 is 31.9 Å². The number of nitrogens with one attached hydrogen (secondary N) is 1. The third-order valence-electron chi connectivity index (χ3n) is 4.63. The quantitative estimate of drug-likeness (QED) is 0.494. The number of hydrogen-bond acceptors (Lipinski definition) is 4. The van der Waals surface area contributed by atoms with Gasteiger partial charge in [0.25, 0.3) is 0 Å². The van der Waals surface area contributed by atoms with Gasteiger partial charge in [-0.05, 0) is 35.9 Å². The van der Waals surface area contributed by atoms with Crippen LogP contribution in [0.5, 0.6) is 0 Å². The lowest BCUT2D eigenvalue weighted by molar-refractivity contribution is 0.358. The molecule has 0 saturated heterocycles. The second kappa shape index (κ2) is 7.20. The van der Waals surface area contributed by atoms with Gasteiger partial charge in [-0.2, -0.15) is 10.5 Å². The van der Waals surface area contributed by atoms with Crippen molar-refractivity contribution < 1.29 is 4.74 Å². The molecule has 0 saturated carbocycles. The molecular weight excluding hydrogens is 484 g/mol. The summed E-state index contributed by atoms with van der Waals surface area (Å²) in [6.07, 6.45) is 1.78. The SMILES string of the molecule is N#CC1=C(N)OC(c2c[nH]c3ccc(Br)cc23)=C(C#N)C1c1ccc(Br)cc1. The first kappa shape index (κ1) is 18.4. The normalized spacial score (nSPS) is 16.6. The minimum absolute atomic E-state index is 0.00812. The molecule has 28 heavy (non-hydrogen) atoms. The molecule has 3 N–H and O–H groups in total. The first-order valence-corrected chi connectivity index (χ1v) is 9.86. The maximum Gasteiger partial charge on any atom is 0.205 e. The molecule has 3 aromatic rings. The van der Waals surface area contributed by atoms with Crippen molar-refractivity contribution >= 4 is 48.5 Å². The first-order valence-electron chi connectivity index (χ1n) is 8.27. The fraction of sp³-hybridized carbons (Fsp3) is 0.0476. The van der Waals surface area contributed by atoms with Crippen molar-refractivity contribution in [2.24, 2.45) is 5.73 Å². The Morgan fingerprint density at radius 3 is 2.32 bits per heavy atom. The lowest BCUT2D eigenvalue weighted by atomic mass is 9.82. The number of nitrogens with two attached hydrogens (primary N) is 1. The summed E-state index contributed by atoms with van der Waals surface area (Å²) < 4.78 is 7.62. The van der Waals surface area contributed by atoms with Gasteiger partial charge in [0.15, 0.2) is 5.76 Å². The molecule has 2 aromatic carbocycles. The van der Waals surface area contributed by atoms with E-state index in [4.69, 9.17) is 10.5 Å². The van der Waals surface area contributed by atoms with E-state index < -0.39 is 5.92 Å². The summed E-state index contributed by atoms with van der Waals surface area (Å²) in [7, 11) is 0. The van der Waals surface area contributed by atoms with Crippen LogP contribution in [0.25, 0.3) is 16.7 Å². The van der Waals surface area contributed by atoms with Crippen LogP contribution in [0.2, 0.25) is 0 Å². The van der Waals surface area contributed by atoms with Crippen molar-refractivity contribution in [2.45, 2.75) is 5.92 Å². The summed E-state index contributed by atoms with van der Waals surface area (Å²) >= 11 is 6.89. The van der Waals surface area contributed by atoms with Crippen molar-refractivity contribution in [3.63, 3.8) is 0 Å². The number of aromatic amines is 1. The first-order chi connectivity index (χ1) is 13.5. The third-order valence-corrected chi connectivity index (χ3v) is 5.65. The van der Waals surface area contributed by atoms with Gasteiger partial charge in [0.2, 0.25) is 5.88 Å². The van der Waals surface area contributed by atoms with E-state index in [1.165, 1.54) is 0 Å². The Kier molecular flexibility index (Phi) is 4.72. The molecule has 1 atom stereocenters. The number of nitrogens with zero attached hydrogens (tertiary/aromatic N) is 2. The molecule has 1 unspecified atom stereocenters. The smallest absolute Gasteiger partial charge is 0.205 e. The molecule has 4 rings (SSSR count). The van der Waals surface area contributed by atoms with E-state index in [1.807, 2.05) is 42.5 Å². The van der Waals surface area contributed by atoms with Gasteiger partial charge in [-0.3, -0.25) is 0 Å². The van der Waals surface area contributed by atoms with Crippen LogP contribution in [-0.2, 0) is 4.74 Å². The molecule has 0 amide bonds. The fourth-order valence-electron chi connectivity index (χ4n) is 3.34. The average Bonchev–Trinajstić information content (AvgIpc) is 3.10. The Morgan fingerprint density at radius 1 is 0.964 bits per heavy atom. The van der Waals surface area contributed by atoms with Gasteiger partial charge in [-0.25, -0.2) is 0 Å². The van der Waals surface area contributed by atoms with Gasteiger partial charge < -0.3 is 15.5 Å². The van der Waals surface area contributed by atoms with Gasteiger partial charge in [0, 0.05) is 31.6 Å². The van der Waals surface area contributed by atoms with Crippen molar-refractivity contribution in [3.05, 3.63) is 85.8 Å². The second-order valence-electron chi connectivity index (χ2n) is 6.22. The highest BCUT2D eigenvalue weighted by atomic mass is 79.9. The van der Waals surface area contributed by atoms with Crippen LogP contribution in [-0.4, -0.2) is 4.98 Å². The molecule has 7 heteroatoms. The summed E-state index contributed by atoms with van der Waals surface area (Å²) in [6, 6.07) is 17.6. The van der Waals surface area contributed by atoms with Crippen molar-refractivity contribution in [2.75, 3.05) is 0 Å². The molecule has 136 valence electrons. The maximum atomic E-state index is 9.98. The monoisotopic (exact) mass is 494 g/mol. The number of rotatable bonds is 2. The predicted molar refractivity (Wildman–Crippen MR) is 113 cm³/mol. The third kappa shape index (κ3) is 2.99. The van der Waals surface area contributed by atoms with Crippen LogP contribution in [0.4, 0.5) is 0 Å². The number of benzene rings is 2. The standard InChI is InChI=1S/C21H12Br2N4O/c22-12-3-1-11(2-4-12)19-15(8-24)20(28-21(26)16(19)9-25)17-10-27-18-6-5-13(23)7-14(17)18/h1-7,10,19,27H,26H2. The largest absolute Gasteiger partial charge is 0.439 e. The maximum absolute atomic E-state index is 9.98. The van der Waals surface area contributed by atoms with Crippen LogP contribution in [0.3, 0.4) is 0 Å². The lowest BCUT2D eigenvalue weighted by Gasteiger charge is -2.25. The molecule has 1 aliphatic rings. The summed E-state index contributed by atoms with van der Waals surface area (Å²) in [6.45, 7) is 0. The van der Waals surface area contributed by atoms with Crippen molar-refractivity contribution in [1.29, 1.82) is 10.5 Å². The van der Waals surface area contributed by atoms with Crippen LogP contribution < -0.4 is 5.73 Å². The summed E-state index contributed by atoms with van der Waals surface area (Å²) in [5.74, 6) is -0.228. The zero-order chi connectivity index (χ0) is 19.8. The molecule has 1 aliphatic heterocycles. The minimum atomic E-state index is -0.594. The Bertz CT molecular complexity index is 1240. The van der Waals surface area contributed by atoms with Gasteiger partial charge >= 0.3 is 0 Å². The number of nitriles is 2. The van der Waals surface area contributed by atoms with Crippen LogP contribution in [0, 0.1) is 22.7 Å². The molecule has 0 radical (unpaired) electrons. The average molecular weight is 496 g/mol. The second-order valence-corrected chi connectivity index (χ2v) is 8.05. The number of ether oxygens (including phenoxy) is 1. The number of allylic oxidation sites excluding steroid dienone is 2. The van der Waals surface area contributed by atoms with E-state index >= 15 is 0 Å². The van der Waals surface area contributed by atoms with Gasteiger partial charge in [-0.15, -0.1) is 0 Å². The van der Waals surface area contributed by atoms with E-state index in [9.17, 15) is 10.5 Å². The summed E-state index contributed by atoms with van der Waals surface area (Å²) in [5.41, 5.74) is 9.08. The molecule has 1 aromatic heterocycles. The van der Waals surface area contributed by atoms with E-state index in [1.54, 1.807) is 6.20 Å². The number of aromatic nitrogens is 1. The number of H-pyrrole nitrogens is 1. The van der Waals surface area contributed by atoms with E-state index in [0.29, 0.717) is 11.3 Å². The van der Waals surface area contributed by atoms with E-state index in [0.717, 1.165) is 31.0 Å². The highest BCUT2D eigenvalue weighted by Crippen LogP contribution is 2.43. The molecule has 0 aliphatic carbocycles. The van der Waals surface area contributed by atoms with Crippen LogP contribution in [0.15, 0.2) is 74.6 Å². The van der Waals surface area contributed by atoms with E-state index in [2.05, 4.69) is 49.0 Å². The lowest BCUT2D eigenvalue weighted by Crippen LogP contribution is -2.20. The highest BCUT2D eigenvalue weighted by molar-refractivity contribution is 9.10. The molecule has 2 heterocycles. The zero-order valence-electron chi connectivity index (χ0n) is 14.3. The van der Waals surface area contributed by atoms with E-state index in [-0.39, 0.29) is 11.5 Å². The summed E-state index contributed by atoms with van der Waals surface area (Å²) in [4.78, 5) is 3.19.